The Bertz CT molecular complexity index is 969. The zero-order valence-corrected chi connectivity index (χ0v) is 22.7. The van der Waals surface area contributed by atoms with Gasteiger partial charge >= 0.3 is 41.8 Å². The minimum absolute atomic E-state index is 0.124. The topological polar surface area (TPSA) is 187 Å². The number of hydrogen-bond acceptors (Lipinski definition) is 15. The van der Waals surface area contributed by atoms with Gasteiger partial charge in [-0.3, -0.25) is 24.0 Å². The van der Waals surface area contributed by atoms with Crippen LogP contribution in [0.2, 0.25) is 0 Å². The molecule has 218 valence electrons. The molecule has 0 saturated carbocycles. The molecule has 0 aromatic carbocycles. The third kappa shape index (κ3) is 9.90. The first kappa shape index (κ1) is 32.9. The molecule has 15 heteroatoms. The lowest BCUT2D eigenvalue weighted by atomic mass is 10.0. The molecule has 39 heavy (non-hydrogen) atoms. The van der Waals surface area contributed by atoms with Gasteiger partial charge in [-0.15, -0.1) is 0 Å². The standard InChI is InChI=1S/C24H33NO14/c1-8-33-23(31)17(24(32)34-9-2)10-25-19(18(36-13(4)27)11-35-12(3)26)20(37-14(5)28)21(38-15(6)29)22(25)39-16(7)30/h10,18-22H,8-9,11H2,1-7H3/t18-,19+,20+,21-,22-/m1/s1. The van der Waals surface area contributed by atoms with Crippen molar-refractivity contribution < 1.29 is 66.7 Å². The molecule has 0 bridgehead atoms. The highest BCUT2D eigenvalue weighted by atomic mass is 16.6. The second-order valence-corrected chi connectivity index (χ2v) is 8.02. The summed E-state index contributed by atoms with van der Waals surface area (Å²) >= 11 is 0. The van der Waals surface area contributed by atoms with Gasteiger partial charge in [-0.05, 0) is 13.8 Å². The number of carbonyl (C=O) groups is 7. The Hall–Kier alpha value is -4.17. The first-order chi connectivity index (χ1) is 18.2. The molecule has 1 aliphatic heterocycles. The molecule has 1 fully saturated rings. The van der Waals surface area contributed by atoms with E-state index in [1.807, 2.05) is 0 Å². The minimum Gasteiger partial charge on any atom is -0.462 e. The fraction of sp³-hybridized carbons (Fsp3) is 0.625. The molecule has 0 aliphatic carbocycles. The van der Waals surface area contributed by atoms with E-state index in [1.54, 1.807) is 0 Å². The van der Waals surface area contributed by atoms with Crippen LogP contribution in [0, 0.1) is 0 Å². The molecule has 5 atom stereocenters. The highest BCUT2D eigenvalue weighted by Gasteiger charge is 2.58. The van der Waals surface area contributed by atoms with Crippen LogP contribution in [0.4, 0.5) is 0 Å². The summed E-state index contributed by atoms with van der Waals surface area (Å²) in [5, 5.41) is 0. The first-order valence-electron chi connectivity index (χ1n) is 11.9. The minimum atomic E-state index is -1.63. The number of rotatable bonds is 12. The van der Waals surface area contributed by atoms with Gasteiger partial charge in [0.15, 0.2) is 23.9 Å². The zero-order chi connectivity index (χ0) is 29.9. The van der Waals surface area contributed by atoms with Crippen molar-refractivity contribution in [3.8, 4) is 0 Å². The fourth-order valence-corrected chi connectivity index (χ4v) is 3.74. The van der Waals surface area contributed by atoms with Crippen molar-refractivity contribution in [2.45, 2.75) is 79.0 Å². The van der Waals surface area contributed by atoms with Crippen LogP contribution in [0.1, 0.15) is 48.5 Å². The van der Waals surface area contributed by atoms with E-state index in [1.165, 1.54) is 13.8 Å². The van der Waals surface area contributed by atoms with Gasteiger partial charge in [0, 0.05) is 40.8 Å². The lowest BCUT2D eigenvalue weighted by Crippen LogP contribution is -2.50. The molecule has 15 nitrogen and oxygen atoms in total. The quantitative estimate of drug-likeness (QED) is 0.101. The van der Waals surface area contributed by atoms with Crippen molar-refractivity contribution in [1.82, 2.24) is 4.90 Å². The third-order valence-corrected chi connectivity index (χ3v) is 4.89. The first-order valence-corrected chi connectivity index (χ1v) is 11.9. The van der Waals surface area contributed by atoms with E-state index in [0.29, 0.717) is 0 Å². The summed E-state index contributed by atoms with van der Waals surface area (Å²) in [6, 6.07) is -1.44. The normalized spacial score (nSPS) is 20.5. The summed E-state index contributed by atoms with van der Waals surface area (Å²) in [5.41, 5.74) is -0.681. The van der Waals surface area contributed by atoms with Gasteiger partial charge in [-0.2, -0.15) is 0 Å². The van der Waals surface area contributed by atoms with E-state index >= 15 is 0 Å². The number of nitrogens with zero attached hydrogens (tertiary/aromatic N) is 1. The highest BCUT2D eigenvalue weighted by molar-refractivity contribution is 6.14. The Kier molecular flexibility index (Phi) is 12.9. The predicted molar refractivity (Wildman–Crippen MR) is 126 cm³/mol. The molecule has 1 aliphatic rings. The molecule has 1 saturated heterocycles. The van der Waals surface area contributed by atoms with Crippen molar-refractivity contribution in [2.24, 2.45) is 0 Å². The Balaban J connectivity index is 3.99. The van der Waals surface area contributed by atoms with E-state index in [9.17, 15) is 33.6 Å². The molecule has 0 amide bonds. The van der Waals surface area contributed by atoms with Gasteiger partial charge in [-0.25, -0.2) is 9.59 Å². The lowest BCUT2D eigenvalue weighted by Gasteiger charge is -2.33. The van der Waals surface area contributed by atoms with Gasteiger partial charge in [0.2, 0.25) is 6.23 Å². The van der Waals surface area contributed by atoms with Crippen molar-refractivity contribution in [3.05, 3.63) is 11.8 Å². The van der Waals surface area contributed by atoms with E-state index in [2.05, 4.69) is 0 Å². The van der Waals surface area contributed by atoms with Gasteiger partial charge in [0.1, 0.15) is 12.6 Å². The molecule has 0 aromatic heterocycles. The van der Waals surface area contributed by atoms with Gasteiger partial charge < -0.3 is 38.1 Å². The summed E-state index contributed by atoms with van der Waals surface area (Å²) in [5.74, 6) is -6.51. The van der Waals surface area contributed by atoms with E-state index in [-0.39, 0.29) is 13.2 Å². The van der Waals surface area contributed by atoms with Crippen LogP contribution in [-0.2, 0) is 66.7 Å². The maximum atomic E-state index is 12.7. The summed E-state index contributed by atoms with van der Waals surface area (Å²) in [6.45, 7) is 7.37. The maximum absolute atomic E-state index is 12.7. The van der Waals surface area contributed by atoms with Crippen molar-refractivity contribution >= 4 is 41.8 Å². The second kappa shape index (κ2) is 15.3. The number of esters is 7. The molecule has 0 aromatic rings. The Morgan fingerprint density at radius 1 is 0.667 bits per heavy atom. The fourth-order valence-electron chi connectivity index (χ4n) is 3.74. The van der Waals surface area contributed by atoms with Crippen LogP contribution in [-0.4, -0.2) is 97.1 Å². The SMILES string of the molecule is CCOC(=O)C(=CN1[C@@H]([C@@H](COC(C)=O)OC(C)=O)[C@H](OC(C)=O)[C@@H](OC(C)=O)[C@H]1OC(C)=O)C(=O)OCC. The average molecular weight is 560 g/mol. The zero-order valence-electron chi connectivity index (χ0n) is 22.7. The largest absolute Gasteiger partial charge is 0.462 e. The Labute approximate surface area is 224 Å². The molecular weight excluding hydrogens is 526 g/mol. The van der Waals surface area contributed by atoms with Gasteiger partial charge in [0.05, 0.1) is 13.2 Å². The number of ether oxygens (including phenoxy) is 7. The Morgan fingerprint density at radius 2 is 1.15 bits per heavy atom. The summed E-state index contributed by atoms with van der Waals surface area (Å²) in [7, 11) is 0. The van der Waals surface area contributed by atoms with Crippen molar-refractivity contribution in [3.63, 3.8) is 0 Å². The summed E-state index contributed by atoms with van der Waals surface area (Å²) < 4.78 is 36.4. The Morgan fingerprint density at radius 3 is 1.56 bits per heavy atom. The highest BCUT2D eigenvalue weighted by Crippen LogP contribution is 2.35. The van der Waals surface area contributed by atoms with Gasteiger partial charge in [-0.1, -0.05) is 0 Å². The van der Waals surface area contributed by atoms with Crippen LogP contribution in [0.25, 0.3) is 0 Å². The predicted octanol–water partition coefficient (Wildman–Crippen LogP) is -0.0719. The smallest absolute Gasteiger partial charge is 0.347 e. The van der Waals surface area contributed by atoms with Crippen LogP contribution < -0.4 is 0 Å². The van der Waals surface area contributed by atoms with E-state index in [4.69, 9.17) is 33.2 Å². The molecular formula is C24H33NO14. The van der Waals surface area contributed by atoms with Crippen molar-refractivity contribution in [1.29, 1.82) is 0 Å². The summed E-state index contributed by atoms with van der Waals surface area (Å²) in [4.78, 5) is 86.2. The van der Waals surface area contributed by atoms with Crippen LogP contribution in [0.3, 0.4) is 0 Å². The number of carbonyl (C=O) groups excluding carboxylic acids is 7. The molecule has 1 heterocycles. The number of hydrogen-bond donors (Lipinski definition) is 0. The maximum Gasteiger partial charge on any atom is 0.347 e. The van der Waals surface area contributed by atoms with Gasteiger partial charge in [0.25, 0.3) is 0 Å². The molecule has 0 radical (unpaired) electrons. The van der Waals surface area contributed by atoms with E-state index < -0.39 is 84.5 Å². The molecule has 1 rings (SSSR count). The van der Waals surface area contributed by atoms with Crippen LogP contribution in [0.15, 0.2) is 11.8 Å². The monoisotopic (exact) mass is 559 g/mol. The summed E-state index contributed by atoms with van der Waals surface area (Å²) in [6.07, 6.45) is -5.29. The molecule has 0 unspecified atom stereocenters. The second-order valence-electron chi connectivity index (χ2n) is 8.02. The molecule has 0 spiro atoms. The van der Waals surface area contributed by atoms with E-state index in [0.717, 1.165) is 45.7 Å². The lowest BCUT2D eigenvalue weighted by molar-refractivity contribution is -0.178. The third-order valence-electron chi connectivity index (χ3n) is 4.89. The van der Waals surface area contributed by atoms with Crippen LogP contribution >= 0.6 is 0 Å². The van der Waals surface area contributed by atoms with Crippen LogP contribution in [0.5, 0.6) is 0 Å². The van der Waals surface area contributed by atoms with Crippen molar-refractivity contribution in [2.75, 3.05) is 19.8 Å². The average Bonchev–Trinajstić information content (AvgIpc) is 3.05. The molecule has 0 N–H and O–H groups in total. The number of likely N-dealkylation sites (tertiary alicyclic amines) is 1.